The van der Waals surface area contributed by atoms with Gasteiger partial charge < -0.3 is 0 Å². The van der Waals surface area contributed by atoms with Crippen LogP contribution >= 0.6 is 27.7 Å². The van der Waals surface area contributed by atoms with Crippen LogP contribution in [0.5, 0.6) is 0 Å². The molecule has 0 radical (unpaired) electrons. The number of hydrogen-bond donors (Lipinski definition) is 0. The van der Waals surface area contributed by atoms with Crippen LogP contribution in [0.3, 0.4) is 0 Å². The molecule has 0 aromatic heterocycles. The zero-order chi connectivity index (χ0) is 11.9. The summed E-state index contributed by atoms with van der Waals surface area (Å²) in [6.45, 7) is 0. The van der Waals surface area contributed by atoms with Crippen molar-refractivity contribution in [3.05, 3.63) is 30.3 Å². The highest BCUT2D eigenvalue weighted by Crippen LogP contribution is 2.32. The van der Waals surface area contributed by atoms with E-state index in [0.717, 1.165) is 10.7 Å². The average molecular weight is 313 g/mol. The Labute approximate surface area is 118 Å². The lowest BCUT2D eigenvalue weighted by Crippen LogP contribution is -2.13. The summed E-state index contributed by atoms with van der Waals surface area (Å²) in [6, 6.07) is 10.8. The van der Waals surface area contributed by atoms with Gasteiger partial charge in [-0.25, -0.2) is 0 Å². The molecule has 17 heavy (non-hydrogen) atoms. The van der Waals surface area contributed by atoms with Crippen molar-refractivity contribution in [3.63, 3.8) is 0 Å². The van der Waals surface area contributed by atoms with Gasteiger partial charge in [-0.1, -0.05) is 53.4 Å². The molecule has 0 heterocycles. The first-order chi connectivity index (χ1) is 8.36. The zero-order valence-corrected chi connectivity index (χ0v) is 12.7. The highest BCUT2D eigenvalue weighted by molar-refractivity contribution is 9.09. The van der Waals surface area contributed by atoms with Crippen molar-refractivity contribution in [1.29, 1.82) is 0 Å². The Hall–Kier alpha value is 0.0500. The quantitative estimate of drug-likeness (QED) is 0.401. The third-order valence-electron chi connectivity index (χ3n) is 3.57. The second-order valence-electron chi connectivity index (χ2n) is 4.86. The summed E-state index contributed by atoms with van der Waals surface area (Å²) < 4.78 is 0. The number of alkyl halides is 1. The van der Waals surface area contributed by atoms with Crippen LogP contribution in [0.1, 0.15) is 38.5 Å². The first-order valence-corrected chi connectivity index (χ1v) is 8.58. The molecule has 2 rings (SSSR count). The largest absolute Gasteiger partial charge is 0.126 e. The van der Waals surface area contributed by atoms with Crippen molar-refractivity contribution in [2.75, 3.05) is 5.75 Å². The molecule has 0 bridgehead atoms. The van der Waals surface area contributed by atoms with Gasteiger partial charge in [-0.3, -0.25) is 0 Å². The van der Waals surface area contributed by atoms with Crippen molar-refractivity contribution >= 4 is 27.7 Å². The van der Waals surface area contributed by atoms with Crippen LogP contribution in [0.2, 0.25) is 0 Å². The molecule has 0 aliphatic heterocycles. The fourth-order valence-corrected chi connectivity index (χ4v) is 4.37. The molecule has 0 nitrogen and oxygen atoms in total. The van der Waals surface area contributed by atoms with Gasteiger partial charge >= 0.3 is 0 Å². The predicted molar refractivity (Wildman–Crippen MR) is 81.1 cm³/mol. The minimum atomic E-state index is 0.765. The van der Waals surface area contributed by atoms with E-state index in [2.05, 4.69) is 46.3 Å². The number of halogens is 1. The van der Waals surface area contributed by atoms with E-state index < -0.39 is 0 Å². The van der Waals surface area contributed by atoms with E-state index in [1.807, 2.05) is 11.8 Å². The first kappa shape index (κ1) is 13.5. The standard InChI is InChI=1S/C15H21BrS/c16-15-10-6-1-3-7-13(15)11-12-17-14-8-4-2-5-9-14/h2,4-5,8-9,13,15H,1,3,6-7,10-12H2. The van der Waals surface area contributed by atoms with Crippen LogP contribution in [-0.4, -0.2) is 10.6 Å². The molecule has 0 spiro atoms. The van der Waals surface area contributed by atoms with Crippen molar-refractivity contribution < 1.29 is 0 Å². The van der Waals surface area contributed by atoms with Gasteiger partial charge in [0.25, 0.3) is 0 Å². The summed E-state index contributed by atoms with van der Waals surface area (Å²) in [5, 5.41) is 0. The van der Waals surface area contributed by atoms with Crippen LogP contribution in [0, 0.1) is 5.92 Å². The lowest BCUT2D eigenvalue weighted by molar-refractivity contribution is 0.467. The Kier molecular flexibility index (Phi) is 5.93. The Bertz CT molecular complexity index is 312. The summed E-state index contributed by atoms with van der Waals surface area (Å²) in [5.41, 5.74) is 0. The van der Waals surface area contributed by atoms with Crippen LogP contribution in [-0.2, 0) is 0 Å². The normalized spacial score (nSPS) is 25.5. The highest BCUT2D eigenvalue weighted by Gasteiger charge is 2.20. The van der Waals surface area contributed by atoms with Gasteiger partial charge in [-0.05, 0) is 43.1 Å². The smallest absolute Gasteiger partial charge is 0.0174 e. The summed E-state index contributed by atoms with van der Waals surface area (Å²) in [6.07, 6.45) is 8.44. The van der Waals surface area contributed by atoms with E-state index in [9.17, 15) is 0 Å². The van der Waals surface area contributed by atoms with Gasteiger partial charge in [0.05, 0.1) is 0 Å². The molecule has 0 saturated heterocycles. The fourth-order valence-electron chi connectivity index (χ4n) is 2.51. The van der Waals surface area contributed by atoms with Gasteiger partial charge in [0.15, 0.2) is 0 Å². The highest BCUT2D eigenvalue weighted by atomic mass is 79.9. The number of rotatable bonds is 4. The van der Waals surface area contributed by atoms with E-state index in [-0.39, 0.29) is 0 Å². The molecule has 0 amide bonds. The maximum Gasteiger partial charge on any atom is 0.0174 e. The first-order valence-electron chi connectivity index (χ1n) is 6.68. The number of thioether (sulfide) groups is 1. The van der Waals surface area contributed by atoms with Gasteiger partial charge in [0, 0.05) is 9.72 Å². The minimum Gasteiger partial charge on any atom is -0.126 e. The molecule has 1 fully saturated rings. The summed E-state index contributed by atoms with van der Waals surface area (Å²) in [5.74, 6) is 2.16. The van der Waals surface area contributed by atoms with Crippen LogP contribution in [0.25, 0.3) is 0 Å². The Morgan fingerprint density at radius 2 is 1.82 bits per heavy atom. The molecule has 1 aromatic carbocycles. The van der Waals surface area contributed by atoms with Crippen molar-refractivity contribution in [2.24, 2.45) is 5.92 Å². The van der Waals surface area contributed by atoms with E-state index in [4.69, 9.17) is 0 Å². The van der Waals surface area contributed by atoms with E-state index >= 15 is 0 Å². The Balaban J connectivity index is 1.73. The molecule has 2 unspecified atom stereocenters. The lowest BCUT2D eigenvalue weighted by Gasteiger charge is -2.19. The molecule has 1 aromatic rings. The second-order valence-corrected chi connectivity index (χ2v) is 7.21. The van der Waals surface area contributed by atoms with Crippen LogP contribution in [0.15, 0.2) is 35.2 Å². The Morgan fingerprint density at radius 1 is 1.06 bits per heavy atom. The molecule has 0 N–H and O–H groups in total. The van der Waals surface area contributed by atoms with E-state index in [0.29, 0.717) is 0 Å². The van der Waals surface area contributed by atoms with Crippen LogP contribution < -0.4 is 0 Å². The van der Waals surface area contributed by atoms with Gasteiger partial charge in [-0.2, -0.15) is 0 Å². The molecule has 1 aliphatic carbocycles. The average Bonchev–Trinajstić information content (AvgIpc) is 2.56. The molecular weight excluding hydrogens is 292 g/mol. The third-order valence-corrected chi connectivity index (χ3v) is 5.82. The summed E-state index contributed by atoms with van der Waals surface area (Å²) >= 11 is 5.88. The van der Waals surface area contributed by atoms with Gasteiger partial charge in [0.2, 0.25) is 0 Å². The zero-order valence-electron chi connectivity index (χ0n) is 10.3. The maximum atomic E-state index is 3.88. The van der Waals surface area contributed by atoms with E-state index in [1.165, 1.54) is 49.2 Å². The van der Waals surface area contributed by atoms with E-state index in [1.54, 1.807) is 0 Å². The van der Waals surface area contributed by atoms with Gasteiger partial charge in [0.1, 0.15) is 0 Å². The monoisotopic (exact) mass is 312 g/mol. The van der Waals surface area contributed by atoms with Gasteiger partial charge in [-0.15, -0.1) is 11.8 Å². The van der Waals surface area contributed by atoms with Crippen LogP contribution in [0.4, 0.5) is 0 Å². The molecule has 1 saturated carbocycles. The third kappa shape index (κ3) is 4.67. The maximum absolute atomic E-state index is 3.88. The lowest BCUT2D eigenvalue weighted by atomic mass is 9.98. The second kappa shape index (κ2) is 7.48. The van der Waals surface area contributed by atoms with Crippen molar-refractivity contribution in [1.82, 2.24) is 0 Å². The van der Waals surface area contributed by atoms with Crippen molar-refractivity contribution in [2.45, 2.75) is 48.2 Å². The molecule has 94 valence electrons. The molecule has 2 heteroatoms. The number of benzene rings is 1. The predicted octanol–water partition coefficient (Wildman–Crippen LogP) is 5.51. The summed E-state index contributed by atoms with van der Waals surface area (Å²) in [4.78, 5) is 2.17. The van der Waals surface area contributed by atoms with Crippen molar-refractivity contribution in [3.8, 4) is 0 Å². The molecule has 2 atom stereocenters. The Morgan fingerprint density at radius 3 is 2.65 bits per heavy atom. The topological polar surface area (TPSA) is 0 Å². The minimum absolute atomic E-state index is 0.765. The molecular formula is C15H21BrS. The SMILES string of the molecule is BrC1CCCCCC1CCSc1ccccc1. The number of hydrogen-bond acceptors (Lipinski definition) is 1. The fraction of sp³-hybridized carbons (Fsp3) is 0.600. The molecule has 1 aliphatic rings. The summed E-state index contributed by atoms with van der Waals surface area (Å²) in [7, 11) is 0.